The van der Waals surface area contributed by atoms with Crippen molar-refractivity contribution in [3.63, 3.8) is 0 Å². The van der Waals surface area contributed by atoms with Gasteiger partial charge in [-0.25, -0.2) is 15.0 Å². The summed E-state index contributed by atoms with van der Waals surface area (Å²) in [4.78, 5) is 18.4. The first-order chi connectivity index (χ1) is 12.9. The van der Waals surface area contributed by atoms with Crippen LogP contribution in [-0.2, 0) is 0 Å². The molecule has 6 nitrogen and oxygen atoms in total. The third-order valence-electron chi connectivity index (χ3n) is 5.55. The molecule has 0 unspecified atom stereocenters. The van der Waals surface area contributed by atoms with Crippen LogP contribution in [0.3, 0.4) is 0 Å². The summed E-state index contributed by atoms with van der Waals surface area (Å²) in [5, 5.41) is 0. The number of hydrogen-bond donors (Lipinski definition) is 0. The van der Waals surface area contributed by atoms with Gasteiger partial charge in [-0.1, -0.05) is 12.1 Å². The van der Waals surface area contributed by atoms with Crippen LogP contribution in [0.5, 0.6) is 0 Å². The fraction of sp³-hybridized carbons (Fsp3) is 0.450. The number of oxazole rings is 1. The second-order valence-corrected chi connectivity index (χ2v) is 7.21. The monoisotopic (exact) mass is 349 g/mol. The molecule has 134 valence electrons. The van der Waals surface area contributed by atoms with Gasteiger partial charge in [-0.2, -0.15) is 0 Å². The molecule has 0 N–H and O–H groups in total. The van der Waals surface area contributed by atoms with Crippen molar-refractivity contribution in [3.05, 3.63) is 42.5 Å². The number of aromatic nitrogens is 3. The second-order valence-electron chi connectivity index (χ2n) is 7.21. The molecule has 0 radical (unpaired) electrons. The summed E-state index contributed by atoms with van der Waals surface area (Å²) in [6.07, 6.45) is 6.30. The highest BCUT2D eigenvalue weighted by Crippen LogP contribution is 2.32. The first-order valence-corrected chi connectivity index (χ1v) is 9.54. The van der Waals surface area contributed by atoms with E-state index in [-0.39, 0.29) is 0 Å². The normalized spacial score (nSPS) is 18.8. The maximum Gasteiger partial charge on any atom is 0.198 e. The molecular formula is C20H23N5O. The molecule has 0 atom stereocenters. The minimum atomic E-state index is 0.388. The van der Waals surface area contributed by atoms with E-state index in [1.807, 2.05) is 24.3 Å². The lowest BCUT2D eigenvalue weighted by Crippen LogP contribution is -2.34. The molecule has 5 rings (SSSR count). The summed E-state index contributed by atoms with van der Waals surface area (Å²) in [6, 6.07) is 10.1. The Hall–Kier alpha value is -2.63. The standard InChI is InChI=1S/C20H23N5O/c1-2-6-17-16(5-1)23-20(26-17)15-7-11-25(12-8-15)19-13-18(21-14-22-19)24-9-3-4-10-24/h1-2,5-6,13-15H,3-4,7-12H2. The topological polar surface area (TPSA) is 58.3 Å². The average molecular weight is 349 g/mol. The van der Waals surface area contributed by atoms with Crippen LogP contribution >= 0.6 is 0 Å². The zero-order valence-electron chi connectivity index (χ0n) is 14.8. The molecule has 2 aliphatic heterocycles. The lowest BCUT2D eigenvalue weighted by Gasteiger charge is -2.31. The molecule has 26 heavy (non-hydrogen) atoms. The number of rotatable bonds is 3. The van der Waals surface area contributed by atoms with Gasteiger partial charge in [-0.3, -0.25) is 0 Å². The summed E-state index contributed by atoms with van der Waals surface area (Å²) in [6.45, 7) is 4.16. The van der Waals surface area contributed by atoms with Crippen LogP contribution in [0.4, 0.5) is 11.6 Å². The number of piperidine rings is 1. The SMILES string of the molecule is c1ccc2oc(C3CCN(c4cc(N5CCCC5)ncn4)CC3)nc2c1. The number of fused-ring (bicyclic) bond motifs is 1. The predicted octanol–water partition coefficient (Wildman–Crippen LogP) is 3.60. The minimum Gasteiger partial charge on any atom is -0.440 e. The summed E-state index contributed by atoms with van der Waals surface area (Å²) >= 11 is 0. The van der Waals surface area contributed by atoms with Crippen molar-refractivity contribution in [2.75, 3.05) is 36.0 Å². The molecule has 2 aromatic heterocycles. The highest BCUT2D eigenvalue weighted by Gasteiger charge is 2.26. The Morgan fingerprint density at radius 1 is 0.885 bits per heavy atom. The largest absolute Gasteiger partial charge is 0.440 e. The van der Waals surface area contributed by atoms with Gasteiger partial charge in [0.2, 0.25) is 0 Å². The highest BCUT2D eigenvalue weighted by atomic mass is 16.3. The van der Waals surface area contributed by atoms with Gasteiger partial charge in [0.25, 0.3) is 0 Å². The van der Waals surface area contributed by atoms with Gasteiger partial charge in [-0.05, 0) is 37.8 Å². The van der Waals surface area contributed by atoms with Crippen LogP contribution in [-0.4, -0.2) is 41.1 Å². The molecular weight excluding hydrogens is 326 g/mol. The number of hydrogen-bond acceptors (Lipinski definition) is 6. The van der Waals surface area contributed by atoms with E-state index < -0.39 is 0 Å². The lowest BCUT2D eigenvalue weighted by molar-refractivity contribution is 0.406. The maximum atomic E-state index is 5.97. The average Bonchev–Trinajstić information content (AvgIpc) is 3.38. The van der Waals surface area contributed by atoms with Gasteiger partial charge in [0.05, 0.1) is 0 Å². The third-order valence-corrected chi connectivity index (χ3v) is 5.55. The number of para-hydroxylation sites is 2. The van der Waals surface area contributed by atoms with E-state index in [0.717, 1.165) is 67.6 Å². The minimum absolute atomic E-state index is 0.388. The molecule has 0 amide bonds. The highest BCUT2D eigenvalue weighted by molar-refractivity contribution is 5.72. The maximum absolute atomic E-state index is 5.97. The first kappa shape index (κ1) is 15.6. The van der Waals surface area contributed by atoms with E-state index in [4.69, 9.17) is 4.42 Å². The molecule has 2 fully saturated rings. The Morgan fingerprint density at radius 2 is 1.58 bits per heavy atom. The van der Waals surface area contributed by atoms with E-state index >= 15 is 0 Å². The van der Waals surface area contributed by atoms with E-state index in [2.05, 4.69) is 30.8 Å². The van der Waals surface area contributed by atoms with Crippen LogP contribution in [0.25, 0.3) is 11.1 Å². The van der Waals surface area contributed by atoms with Gasteiger partial charge in [0.1, 0.15) is 23.5 Å². The van der Waals surface area contributed by atoms with Crippen molar-refractivity contribution in [1.82, 2.24) is 15.0 Å². The zero-order chi connectivity index (χ0) is 17.3. The van der Waals surface area contributed by atoms with Crippen molar-refractivity contribution in [2.24, 2.45) is 0 Å². The van der Waals surface area contributed by atoms with Crippen LogP contribution in [0.2, 0.25) is 0 Å². The van der Waals surface area contributed by atoms with Crippen molar-refractivity contribution >= 4 is 22.7 Å². The number of nitrogens with zero attached hydrogens (tertiary/aromatic N) is 5. The lowest BCUT2D eigenvalue weighted by atomic mass is 9.97. The summed E-state index contributed by atoms with van der Waals surface area (Å²) in [7, 11) is 0. The Labute approximate surface area is 152 Å². The Balaban J connectivity index is 1.28. The van der Waals surface area contributed by atoms with Gasteiger partial charge < -0.3 is 14.2 Å². The fourth-order valence-corrected chi connectivity index (χ4v) is 4.05. The predicted molar refractivity (Wildman–Crippen MR) is 102 cm³/mol. The van der Waals surface area contributed by atoms with E-state index in [0.29, 0.717) is 5.92 Å². The van der Waals surface area contributed by atoms with Crippen molar-refractivity contribution < 1.29 is 4.42 Å². The summed E-state index contributed by atoms with van der Waals surface area (Å²) < 4.78 is 5.97. The van der Waals surface area contributed by atoms with Gasteiger partial charge in [-0.15, -0.1) is 0 Å². The molecule has 0 saturated carbocycles. The van der Waals surface area contributed by atoms with Crippen LogP contribution in [0.1, 0.15) is 37.5 Å². The molecule has 4 heterocycles. The quantitative estimate of drug-likeness (QED) is 0.720. The van der Waals surface area contributed by atoms with E-state index in [9.17, 15) is 0 Å². The van der Waals surface area contributed by atoms with Crippen LogP contribution in [0, 0.1) is 0 Å². The Kier molecular flexibility index (Phi) is 3.96. The van der Waals surface area contributed by atoms with E-state index in [1.165, 1.54) is 12.8 Å². The smallest absolute Gasteiger partial charge is 0.198 e. The molecule has 2 saturated heterocycles. The van der Waals surface area contributed by atoms with Gasteiger partial charge in [0.15, 0.2) is 11.5 Å². The fourth-order valence-electron chi connectivity index (χ4n) is 4.05. The molecule has 6 heteroatoms. The first-order valence-electron chi connectivity index (χ1n) is 9.54. The van der Waals surface area contributed by atoms with Crippen molar-refractivity contribution in [2.45, 2.75) is 31.6 Å². The third kappa shape index (κ3) is 2.89. The Bertz CT molecular complexity index is 861. The number of benzene rings is 1. The van der Waals surface area contributed by atoms with Crippen LogP contribution < -0.4 is 9.80 Å². The van der Waals surface area contributed by atoms with E-state index in [1.54, 1.807) is 6.33 Å². The molecule has 0 bridgehead atoms. The second kappa shape index (κ2) is 6.59. The zero-order valence-corrected chi connectivity index (χ0v) is 14.8. The van der Waals surface area contributed by atoms with Crippen LogP contribution in [0.15, 0.2) is 41.1 Å². The van der Waals surface area contributed by atoms with Crippen molar-refractivity contribution in [3.8, 4) is 0 Å². The molecule has 0 aliphatic carbocycles. The van der Waals surface area contributed by atoms with Gasteiger partial charge in [0, 0.05) is 38.2 Å². The summed E-state index contributed by atoms with van der Waals surface area (Å²) in [5.74, 6) is 3.37. The molecule has 0 spiro atoms. The number of anilines is 2. The molecule has 2 aliphatic rings. The molecule has 1 aromatic carbocycles. The molecule has 3 aromatic rings. The Morgan fingerprint density at radius 3 is 2.31 bits per heavy atom. The van der Waals surface area contributed by atoms with Gasteiger partial charge >= 0.3 is 0 Å². The van der Waals surface area contributed by atoms with Crippen molar-refractivity contribution in [1.29, 1.82) is 0 Å². The summed E-state index contributed by atoms with van der Waals surface area (Å²) in [5.41, 5.74) is 1.84.